The van der Waals surface area contributed by atoms with Gasteiger partial charge in [0.2, 0.25) is 0 Å². The lowest BCUT2D eigenvalue weighted by Gasteiger charge is -2.39. The molecule has 6 nitrogen and oxygen atoms in total. The lowest BCUT2D eigenvalue weighted by atomic mass is 9.88. The summed E-state index contributed by atoms with van der Waals surface area (Å²) in [6, 6.07) is 4.83. The highest BCUT2D eigenvalue weighted by Crippen LogP contribution is 2.32. The molecule has 1 N–H and O–H groups in total. The summed E-state index contributed by atoms with van der Waals surface area (Å²) >= 11 is 0. The van der Waals surface area contributed by atoms with Crippen molar-refractivity contribution in [1.29, 1.82) is 0 Å². The first-order valence-electron chi connectivity index (χ1n) is 7.51. The Kier molecular flexibility index (Phi) is 4.81. The molecule has 3 unspecified atom stereocenters. The third-order valence-corrected chi connectivity index (χ3v) is 4.51. The van der Waals surface area contributed by atoms with Gasteiger partial charge in [-0.25, -0.2) is 0 Å². The van der Waals surface area contributed by atoms with Crippen molar-refractivity contribution in [1.82, 2.24) is 4.90 Å². The second kappa shape index (κ2) is 6.44. The number of likely N-dealkylation sites (tertiary alicyclic amines) is 1. The van der Waals surface area contributed by atoms with Crippen LogP contribution < -0.4 is 0 Å². The fourth-order valence-electron chi connectivity index (χ4n) is 3.28. The molecule has 1 fully saturated rings. The van der Waals surface area contributed by atoms with E-state index in [0.29, 0.717) is 18.9 Å². The predicted molar refractivity (Wildman–Crippen MR) is 82.7 cm³/mol. The molecule has 120 valence electrons. The van der Waals surface area contributed by atoms with Gasteiger partial charge in [0.05, 0.1) is 10.8 Å². The first-order valence-corrected chi connectivity index (χ1v) is 7.51. The second-order valence-electron chi connectivity index (χ2n) is 6.30. The van der Waals surface area contributed by atoms with Crippen LogP contribution in [-0.4, -0.2) is 34.0 Å². The molecule has 1 aliphatic rings. The Balaban J connectivity index is 2.26. The van der Waals surface area contributed by atoms with Gasteiger partial charge in [0.15, 0.2) is 0 Å². The number of non-ortho nitro benzene ring substituents is 1. The number of rotatable bonds is 4. The van der Waals surface area contributed by atoms with Gasteiger partial charge in [0.25, 0.3) is 5.69 Å². The van der Waals surface area contributed by atoms with Crippen molar-refractivity contribution in [2.75, 3.05) is 13.1 Å². The van der Waals surface area contributed by atoms with Crippen molar-refractivity contribution < 1.29 is 14.8 Å². The van der Waals surface area contributed by atoms with Crippen LogP contribution in [0.25, 0.3) is 0 Å². The molecular weight excluding hydrogens is 284 g/mol. The van der Waals surface area contributed by atoms with Crippen LogP contribution in [0.4, 0.5) is 5.69 Å². The zero-order valence-electron chi connectivity index (χ0n) is 13.2. The summed E-state index contributed by atoms with van der Waals surface area (Å²) in [5, 5.41) is 20.3. The van der Waals surface area contributed by atoms with Crippen molar-refractivity contribution in [3.8, 4) is 0 Å². The summed E-state index contributed by atoms with van der Waals surface area (Å²) in [6.07, 6.45) is 0.687. The van der Waals surface area contributed by atoms with Crippen molar-refractivity contribution in [2.24, 2.45) is 11.8 Å². The Morgan fingerprint density at radius 2 is 2.14 bits per heavy atom. The highest BCUT2D eigenvalue weighted by molar-refractivity contribution is 5.70. The van der Waals surface area contributed by atoms with Crippen molar-refractivity contribution in [3.05, 3.63) is 39.4 Å². The van der Waals surface area contributed by atoms with Crippen LogP contribution in [-0.2, 0) is 4.79 Å². The molecular formula is C16H22N2O4. The Morgan fingerprint density at radius 3 is 2.73 bits per heavy atom. The number of hydrogen-bond donors (Lipinski definition) is 1. The first-order chi connectivity index (χ1) is 10.3. The number of piperidine rings is 1. The fraction of sp³-hybridized carbons (Fsp3) is 0.562. The second-order valence-corrected chi connectivity index (χ2v) is 6.30. The number of carbonyl (C=O) groups is 1. The maximum absolute atomic E-state index is 11.3. The number of carboxylic acids is 1. The SMILES string of the molecule is Cc1ccc([N+](=O)[O-])cc1C(C)N1CC(C)CC(C(=O)O)C1. The zero-order valence-corrected chi connectivity index (χ0v) is 13.2. The Labute approximate surface area is 129 Å². The summed E-state index contributed by atoms with van der Waals surface area (Å²) in [5.41, 5.74) is 1.96. The van der Waals surface area contributed by atoms with Gasteiger partial charge in [0, 0.05) is 31.3 Å². The maximum atomic E-state index is 11.3. The normalized spacial score (nSPS) is 24.0. The predicted octanol–water partition coefficient (Wildman–Crippen LogP) is 3.01. The van der Waals surface area contributed by atoms with Crippen LogP contribution in [0.2, 0.25) is 0 Å². The minimum atomic E-state index is -0.764. The topological polar surface area (TPSA) is 83.7 Å². The van der Waals surface area contributed by atoms with Gasteiger partial charge < -0.3 is 5.11 Å². The standard InChI is InChI=1S/C16H22N2O4/c1-10-6-13(16(19)20)9-17(8-10)12(3)15-7-14(18(21)22)5-4-11(15)2/h4-5,7,10,12-13H,6,8-9H2,1-3H3,(H,19,20). The average molecular weight is 306 g/mol. The highest BCUT2D eigenvalue weighted by Gasteiger charge is 2.32. The molecule has 6 heteroatoms. The average Bonchev–Trinajstić information content (AvgIpc) is 2.46. The van der Waals surface area contributed by atoms with Crippen LogP contribution >= 0.6 is 0 Å². The molecule has 3 atom stereocenters. The lowest BCUT2D eigenvalue weighted by Crippen LogP contribution is -2.43. The monoisotopic (exact) mass is 306 g/mol. The van der Waals surface area contributed by atoms with Crippen molar-refractivity contribution in [3.63, 3.8) is 0 Å². The molecule has 1 aromatic rings. The van der Waals surface area contributed by atoms with Crippen molar-refractivity contribution >= 4 is 11.7 Å². The Morgan fingerprint density at radius 1 is 1.45 bits per heavy atom. The minimum Gasteiger partial charge on any atom is -0.481 e. The van der Waals surface area contributed by atoms with Crippen LogP contribution in [0, 0.1) is 28.9 Å². The molecule has 1 heterocycles. The van der Waals surface area contributed by atoms with Gasteiger partial charge in [-0.05, 0) is 37.3 Å². The van der Waals surface area contributed by atoms with E-state index in [1.165, 1.54) is 6.07 Å². The van der Waals surface area contributed by atoms with Crippen molar-refractivity contribution in [2.45, 2.75) is 33.2 Å². The molecule has 0 spiro atoms. The van der Waals surface area contributed by atoms with Crippen LogP contribution in [0.5, 0.6) is 0 Å². The van der Waals surface area contributed by atoms with E-state index in [1.54, 1.807) is 12.1 Å². The lowest BCUT2D eigenvalue weighted by molar-refractivity contribution is -0.385. The molecule has 0 saturated carbocycles. The van der Waals surface area contributed by atoms with E-state index in [1.807, 2.05) is 13.8 Å². The number of aryl methyl sites for hydroxylation is 1. The highest BCUT2D eigenvalue weighted by atomic mass is 16.6. The summed E-state index contributed by atoms with van der Waals surface area (Å²) < 4.78 is 0. The number of nitro groups is 1. The molecule has 1 saturated heterocycles. The number of nitrogens with zero attached hydrogens (tertiary/aromatic N) is 2. The number of aliphatic carboxylic acids is 1. The van der Waals surface area contributed by atoms with Crippen LogP contribution in [0.1, 0.15) is 37.4 Å². The fourth-order valence-corrected chi connectivity index (χ4v) is 3.28. The van der Waals surface area contributed by atoms with Crippen LogP contribution in [0.15, 0.2) is 18.2 Å². The van der Waals surface area contributed by atoms with Crippen LogP contribution in [0.3, 0.4) is 0 Å². The molecule has 0 aliphatic carbocycles. The number of carboxylic acid groups (broad SMARTS) is 1. The Hall–Kier alpha value is -1.95. The molecule has 0 radical (unpaired) electrons. The molecule has 1 aromatic carbocycles. The van der Waals surface area contributed by atoms with E-state index < -0.39 is 10.9 Å². The third-order valence-electron chi connectivity index (χ3n) is 4.51. The van der Waals surface area contributed by atoms with Gasteiger partial charge in [-0.2, -0.15) is 0 Å². The third kappa shape index (κ3) is 3.44. The molecule has 22 heavy (non-hydrogen) atoms. The molecule has 2 rings (SSSR count). The zero-order chi connectivity index (χ0) is 16.4. The quantitative estimate of drug-likeness (QED) is 0.683. The molecule has 1 aliphatic heterocycles. The van der Waals surface area contributed by atoms with E-state index in [2.05, 4.69) is 11.8 Å². The Bertz CT molecular complexity index is 588. The van der Waals surface area contributed by atoms with Gasteiger partial charge in [-0.15, -0.1) is 0 Å². The summed E-state index contributed by atoms with van der Waals surface area (Å²) in [7, 11) is 0. The summed E-state index contributed by atoms with van der Waals surface area (Å²) in [5.74, 6) is -0.832. The van der Waals surface area contributed by atoms with E-state index in [-0.39, 0.29) is 17.6 Å². The smallest absolute Gasteiger partial charge is 0.307 e. The summed E-state index contributed by atoms with van der Waals surface area (Å²) in [6.45, 7) is 7.27. The number of nitro benzene ring substituents is 1. The number of benzene rings is 1. The van der Waals surface area contributed by atoms with E-state index in [9.17, 15) is 20.0 Å². The van der Waals surface area contributed by atoms with E-state index in [0.717, 1.165) is 17.7 Å². The summed E-state index contributed by atoms with van der Waals surface area (Å²) in [4.78, 5) is 24.0. The number of hydrogen-bond acceptors (Lipinski definition) is 4. The van der Waals surface area contributed by atoms with Gasteiger partial charge in [-0.1, -0.05) is 13.0 Å². The largest absolute Gasteiger partial charge is 0.481 e. The van der Waals surface area contributed by atoms with Gasteiger partial charge in [-0.3, -0.25) is 19.8 Å². The maximum Gasteiger partial charge on any atom is 0.307 e. The minimum absolute atomic E-state index is 0.0375. The molecule has 0 bridgehead atoms. The molecule has 0 aromatic heterocycles. The van der Waals surface area contributed by atoms with Gasteiger partial charge >= 0.3 is 5.97 Å². The van der Waals surface area contributed by atoms with E-state index in [4.69, 9.17) is 0 Å². The van der Waals surface area contributed by atoms with E-state index >= 15 is 0 Å². The van der Waals surface area contributed by atoms with Gasteiger partial charge in [0.1, 0.15) is 0 Å². The first kappa shape index (κ1) is 16.4. The molecule has 0 amide bonds.